The van der Waals surface area contributed by atoms with Crippen molar-refractivity contribution in [1.29, 1.82) is 0 Å². The lowest BCUT2D eigenvalue weighted by Crippen LogP contribution is -2.61. The molecule has 0 radical (unpaired) electrons. The molecule has 4 rings (SSSR count). The summed E-state index contributed by atoms with van der Waals surface area (Å²) in [6.07, 6.45) is 5.22. The summed E-state index contributed by atoms with van der Waals surface area (Å²) < 4.78 is 5.39. The minimum absolute atomic E-state index is 0.237. The second kappa shape index (κ2) is 7.29. The molecule has 3 aliphatic heterocycles. The van der Waals surface area contributed by atoms with Crippen LogP contribution >= 0.6 is 0 Å². The Morgan fingerprint density at radius 3 is 2.92 bits per heavy atom. The normalized spacial score (nSPS) is 27.9. The van der Waals surface area contributed by atoms with E-state index in [1.807, 2.05) is 24.3 Å². The molecule has 0 saturated carbocycles. The fourth-order valence-corrected chi connectivity index (χ4v) is 5.12. The number of benzene rings is 1. The van der Waals surface area contributed by atoms with E-state index < -0.39 is 0 Å². The number of piperidine rings is 3. The van der Waals surface area contributed by atoms with Gasteiger partial charge in [0.2, 0.25) is 11.8 Å². The average molecular weight is 356 g/mol. The molecule has 3 atom stereocenters. The SMILES string of the molecule is COc1ccccc1CCC(=O)N1CC2CC(C1)[C@H]1CCCC(=O)N1C2. The van der Waals surface area contributed by atoms with Crippen molar-refractivity contribution in [3.05, 3.63) is 29.8 Å². The molecule has 0 spiro atoms. The molecule has 3 saturated heterocycles. The minimum atomic E-state index is 0.237. The van der Waals surface area contributed by atoms with E-state index in [9.17, 15) is 9.59 Å². The van der Waals surface area contributed by atoms with Crippen LogP contribution in [-0.4, -0.2) is 54.4 Å². The molecule has 2 bridgehead atoms. The number of methoxy groups -OCH3 is 1. The minimum Gasteiger partial charge on any atom is -0.496 e. The summed E-state index contributed by atoms with van der Waals surface area (Å²) in [5.74, 6) is 2.32. The Morgan fingerprint density at radius 2 is 2.08 bits per heavy atom. The maximum atomic E-state index is 12.8. The highest BCUT2D eigenvalue weighted by Gasteiger charge is 2.44. The van der Waals surface area contributed by atoms with Crippen LogP contribution in [-0.2, 0) is 16.0 Å². The predicted molar refractivity (Wildman–Crippen MR) is 98.8 cm³/mol. The van der Waals surface area contributed by atoms with Crippen LogP contribution in [0.5, 0.6) is 5.75 Å². The average Bonchev–Trinajstić information content (AvgIpc) is 2.67. The van der Waals surface area contributed by atoms with Gasteiger partial charge in [-0.1, -0.05) is 18.2 Å². The van der Waals surface area contributed by atoms with Gasteiger partial charge in [-0.25, -0.2) is 0 Å². The summed E-state index contributed by atoms with van der Waals surface area (Å²) in [6.45, 7) is 2.46. The number of aryl methyl sites for hydroxylation is 1. The van der Waals surface area contributed by atoms with Crippen LogP contribution in [0.4, 0.5) is 0 Å². The summed E-state index contributed by atoms with van der Waals surface area (Å²) in [5.41, 5.74) is 1.09. The van der Waals surface area contributed by atoms with Gasteiger partial charge in [0.15, 0.2) is 0 Å². The third kappa shape index (κ3) is 3.31. The van der Waals surface area contributed by atoms with Crippen molar-refractivity contribution in [2.45, 2.75) is 44.6 Å². The van der Waals surface area contributed by atoms with Crippen molar-refractivity contribution in [1.82, 2.24) is 9.80 Å². The van der Waals surface area contributed by atoms with Crippen LogP contribution in [0.1, 0.15) is 37.7 Å². The van der Waals surface area contributed by atoms with Gasteiger partial charge in [0.25, 0.3) is 0 Å². The first-order valence-corrected chi connectivity index (χ1v) is 9.85. The standard InChI is InChI=1S/C21H28N2O3/c1-26-19-7-3-2-5-16(19)9-10-20(24)22-12-15-11-17(14-22)18-6-4-8-21(25)23(18)13-15/h2-3,5,7,15,17-18H,4,6,8-14H2,1H3/t15?,17?,18-/m1/s1. The summed E-state index contributed by atoms with van der Waals surface area (Å²) in [7, 11) is 1.67. The molecule has 1 aromatic rings. The monoisotopic (exact) mass is 356 g/mol. The van der Waals surface area contributed by atoms with Crippen LogP contribution in [0.15, 0.2) is 24.3 Å². The highest BCUT2D eigenvalue weighted by atomic mass is 16.5. The maximum Gasteiger partial charge on any atom is 0.222 e. The first kappa shape index (κ1) is 17.4. The van der Waals surface area contributed by atoms with E-state index >= 15 is 0 Å². The lowest BCUT2D eigenvalue weighted by molar-refractivity contribution is -0.148. The van der Waals surface area contributed by atoms with E-state index in [1.54, 1.807) is 7.11 Å². The molecule has 1 aromatic carbocycles. The van der Waals surface area contributed by atoms with Crippen LogP contribution in [0.3, 0.4) is 0 Å². The number of carbonyl (C=O) groups is 2. The molecule has 0 aliphatic carbocycles. The molecule has 0 aromatic heterocycles. The number of hydrogen-bond acceptors (Lipinski definition) is 3. The molecular formula is C21H28N2O3. The van der Waals surface area contributed by atoms with Crippen molar-refractivity contribution in [2.75, 3.05) is 26.7 Å². The van der Waals surface area contributed by atoms with Crippen molar-refractivity contribution >= 4 is 11.8 Å². The molecule has 2 amide bonds. The quantitative estimate of drug-likeness (QED) is 0.833. The van der Waals surface area contributed by atoms with Gasteiger partial charge in [0, 0.05) is 38.5 Å². The fraction of sp³-hybridized carbons (Fsp3) is 0.619. The van der Waals surface area contributed by atoms with Crippen LogP contribution in [0.2, 0.25) is 0 Å². The Hall–Kier alpha value is -2.04. The highest BCUT2D eigenvalue weighted by molar-refractivity contribution is 5.78. The van der Waals surface area contributed by atoms with E-state index in [0.717, 1.165) is 43.8 Å². The van der Waals surface area contributed by atoms with E-state index in [4.69, 9.17) is 4.74 Å². The molecule has 3 heterocycles. The first-order valence-electron chi connectivity index (χ1n) is 9.85. The number of ether oxygens (including phenoxy) is 1. The lowest BCUT2D eigenvalue weighted by Gasteiger charge is -2.52. The van der Waals surface area contributed by atoms with Crippen molar-refractivity contribution in [3.63, 3.8) is 0 Å². The van der Waals surface area contributed by atoms with Crippen LogP contribution < -0.4 is 4.74 Å². The molecule has 3 fully saturated rings. The second-order valence-corrected chi connectivity index (χ2v) is 7.98. The predicted octanol–water partition coefficient (Wildman–Crippen LogP) is 2.49. The Kier molecular flexibility index (Phi) is 4.88. The molecule has 5 heteroatoms. The maximum absolute atomic E-state index is 12.8. The number of carbonyl (C=O) groups excluding carboxylic acids is 2. The summed E-state index contributed by atoms with van der Waals surface area (Å²) in [6, 6.07) is 8.27. The molecule has 0 N–H and O–H groups in total. The Bertz CT molecular complexity index is 690. The molecular weight excluding hydrogens is 328 g/mol. The van der Waals surface area contributed by atoms with Gasteiger partial charge in [-0.3, -0.25) is 9.59 Å². The van der Waals surface area contributed by atoms with E-state index in [2.05, 4.69) is 9.80 Å². The molecule has 3 aliphatic rings. The zero-order valence-electron chi connectivity index (χ0n) is 15.5. The Morgan fingerprint density at radius 1 is 1.23 bits per heavy atom. The number of rotatable bonds is 4. The Balaban J connectivity index is 1.38. The van der Waals surface area contributed by atoms with E-state index in [0.29, 0.717) is 43.0 Å². The number of para-hydroxylation sites is 1. The van der Waals surface area contributed by atoms with Gasteiger partial charge >= 0.3 is 0 Å². The Labute approximate surface area is 155 Å². The van der Waals surface area contributed by atoms with Gasteiger partial charge in [-0.2, -0.15) is 0 Å². The van der Waals surface area contributed by atoms with Crippen LogP contribution in [0, 0.1) is 11.8 Å². The molecule has 26 heavy (non-hydrogen) atoms. The molecule has 5 nitrogen and oxygen atoms in total. The van der Waals surface area contributed by atoms with E-state index in [-0.39, 0.29) is 5.91 Å². The fourth-order valence-electron chi connectivity index (χ4n) is 5.12. The zero-order valence-corrected chi connectivity index (χ0v) is 15.5. The van der Waals surface area contributed by atoms with Gasteiger partial charge < -0.3 is 14.5 Å². The van der Waals surface area contributed by atoms with E-state index in [1.165, 1.54) is 6.42 Å². The van der Waals surface area contributed by atoms with Gasteiger partial charge in [-0.15, -0.1) is 0 Å². The van der Waals surface area contributed by atoms with Gasteiger partial charge in [0.05, 0.1) is 7.11 Å². The number of nitrogens with zero attached hydrogens (tertiary/aromatic N) is 2. The zero-order chi connectivity index (χ0) is 18.1. The number of fused-ring (bicyclic) bond motifs is 4. The number of hydrogen-bond donors (Lipinski definition) is 0. The lowest BCUT2D eigenvalue weighted by atomic mass is 9.76. The van der Waals surface area contributed by atoms with Crippen LogP contribution in [0.25, 0.3) is 0 Å². The molecule has 140 valence electrons. The van der Waals surface area contributed by atoms with Crippen molar-refractivity contribution in [3.8, 4) is 5.75 Å². The third-order valence-electron chi connectivity index (χ3n) is 6.33. The largest absolute Gasteiger partial charge is 0.496 e. The summed E-state index contributed by atoms with van der Waals surface area (Å²) in [5, 5.41) is 0. The van der Waals surface area contributed by atoms with Gasteiger partial charge in [-0.05, 0) is 49.1 Å². The number of likely N-dealkylation sites (tertiary alicyclic amines) is 1. The summed E-state index contributed by atoms with van der Waals surface area (Å²) in [4.78, 5) is 29.2. The number of amides is 2. The van der Waals surface area contributed by atoms with Crippen molar-refractivity contribution < 1.29 is 14.3 Å². The first-order chi connectivity index (χ1) is 12.7. The third-order valence-corrected chi connectivity index (χ3v) is 6.33. The topological polar surface area (TPSA) is 49.9 Å². The highest BCUT2D eigenvalue weighted by Crippen LogP contribution is 2.38. The molecule has 2 unspecified atom stereocenters. The summed E-state index contributed by atoms with van der Waals surface area (Å²) >= 11 is 0. The van der Waals surface area contributed by atoms with Gasteiger partial charge in [0.1, 0.15) is 5.75 Å². The van der Waals surface area contributed by atoms with Crippen molar-refractivity contribution in [2.24, 2.45) is 11.8 Å². The smallest absolute Gasteiger partial charge is 0.222 e. The second-order valence-electron chi connectivity index (χ2n) is 7.98.